The fourth-order valence-corrected chi connectivity index (χ4v) is 3.44. The second-order valence-corrected chi connectivity index (χ2v) is 6.41. The topological polar surface area (TPSA) is 44.4 Å². The first kappa shape index (κ1) is 14.4. The van der Waals surface area contributed by atoms with Gasteiger partial charge in [-0.05, 0) is 56.8 Å². The molecule has 2 heterocycles. The number of hydrogen-bond donors (Lipinski definition) is 2. The summed E-state index contributed by atoms with van der Waals surface area (Å²) in [7, 11) is 2.16. The number of piperidine rings is 1. The van der Waals surface area contributed by atoms with E-state index in [0.29, 0.717) is 5.92 Å². The molecule has 0 aliphatic carbocycles. The van der Waals surface area contributed by atoms with Crippen molar-refractivity contribution in [2.45, 2.75) is 31.7 Å². The molecule has 2 N–H and O–H groups in total. The molecule has 0 aromatic heterocycles. The van der Waals surface area contributed by atoms with Crippen LogP contribution in [0.15, 0.2) is 24.3 Å². The molecule has 4 heteroatoms. The molecule has 0 radical (unpaired) electrons. The average Bonchev–Trinajstić information content (AvgIpc) is 2.52. The lowest BCUT2D eigenvalue weighted by atomic mass is 9.96. The van der Waals surface area contributed by atoms with Gasteiger partial charge in [0.15, 0.2) is 0 Å². The summed E-state index contributed by atoms with van der Waals surface area (Å²) in [6.45, 7) is 3.09. The third-order valence-corrected chi connectivity index (χ3v) is 4.65. The van der Waals surface area contributed by atoms with E-state index < -0.39 is 0 Å². The molecule has 1 aromatic carbocycles. The number of likely N-dealkylation sites (tertiary alicyclic amines) is 1. The number of benzene rings is 1. The molecule has 21 heavy (non-hydrogen) atoms. The van der Waals surface area contributed by atoms with E-state index in [9.17, 15) is 4.79 Å². The first-order chi connectivity index (χ1) is 10.2. The lowest BCUT2D eigenvalue weighted by Gasteiger charge is -2.31. The van der Waals surface area contributed by atoms with Gasteiger partial charge in [-0.15, -0.1) is 0 Å². The van der Waals surface area contributed by atoms with Crippen LogP contribution in [0.5, 0.6) is 0 Å². The minimum atomic E-state index is -0.0822. The molecule has 1 saturated heterocycles. The first-order valence-electron chi connectivity index (χ1n) is 8.03. The number of fused-ring (bicyclic) bond motifs is 1. The van der Waals surface area contributed by atoms with Gasteiger partial charge < -0.3 is 15.5 Å². The second-order valence-electron chi connectivity index (χ2n) is 6.41. The Morgan fingerprint density at radius 2 is 2.24 bits per heavy atom. The molecule has 0 saturated carbocycles. The van der Waals surface area contributed by atoms with Gasteiger partial charge in [-0.2, -0.15) is 0 Å². The van der Waals surface area contributed by atoms with Gasteiger partial charge in [0.1, 0.15) is 6.04 Å². The Bertz CT molecular complexity index is 503. The minimum Gasteiger partial charge on any atom is -0.373 e. The van der Waals surface area contributed by atoms with Gasteiger partial charge in [-0.1, -0.05) is 18.2 Å². The van der Waals surface area contributed by atoms with E-state index in [1.807, 2.05) is 6.07 Å². The Balaban J connectivity index is 1.50. The van der Waals surface area contributed by atoms with E-state index in [1.54, 1.807) is 0 Å². The highest BCUT2D eigenvalue weighted by Crippen LogP contribution is 2.24. The predicted molar refractivity (Wildman–Crippen MR) is 85.4 cm³/mol. The molecule has 3 rings (SSSR count). The average molecular weight is 287 g/mol. The molecule has 2 aliphatic heterocycles. The molecule has 1 fully saturated rings. The van der Waals surface area contributed by atoms with Crippen LogP contribution in [0.3, 0.4) is 0 Å². The van der Waals surface area contributed by atoms with Gasteiger partial charge >= 0.3 is 0 Å². The number of aryl methyl sites for hydroxylation is 1. The lowest BCUT2D eigenvalue weighted by molar-refractivity contribution is -0.122. The van der Waals surface area contributed by atoms with Crippen molar-refractivity contribution < 1.29 is 4.79 Å². The minimum absolute atomic E-state index is 0.0822. The fraction of sp³-hybridized carbons (Fsp3) is 0.588. The summed E-state index contributed by atoms with van der Waals surface area (Å²) in [6, 6.07) is 8.19. The molecular formula is C17H25N3O. The molecule has 114 valence electrons. The summed E-state index contributed by atoms with van der Waals surface area (Å²) < 4.78 is 0. The normalized spacial score (nSPS) is 25.8. The van der Waals surface area contributed by atoms with Crippen LogP contribution in [-0.4, -0.2) is 43.5 Å². The van der Waals surface area contributed by atoms with E-state index >= 15 is 0 Å². The molecule has 4 nitrogen and oxygen atoms in total. The monoisotopic (exact) mass is 287 g/mol. The van der Waals surface area contributed by atoms with Crippen LogP contribution in [0.4, 0.5) is 5.69 Å². The van der Waals surface area contributed by atoms with E-state index in [1.165, 1.54) is 24.9 Å². The Hall–Kier alpha value is -1.55. The molecule has 1 amide bonds. The largest absolute Gasteiger partial charge is 0.373 e. The van der Waals surface area contributed by atoms with Crippen molar-refractivity contribution in [2.24, 2.45) is 5.92 Å². The van der Waals surface area contributed by atoms with E-state index in [-0.39, 0.29) is 11.9 Å². The van der Waals surface area contributed by atoms with Crippen molar-refractivity contribution in [3.8, 4) is 0 Å². The highest BCUT2D eigenvalue weighted by molar-refractivity contribution is 5.85. The summed E-state index contributed by atoms with van der Waals surface area (Å²) in [5, 5.41) is 6.52. The van der Waals surface area contributed by atoms with Gasteiger partial charge in [0, 0.05) is 18.8 Å². The maximum atomic E-state index is 12.3. The highest BCUT2D eigenvalue weighted by atomic mass is 16.2. The SMILES string of the molecule is CN1CCCC(CNC(=O)C2CCc3ccccc3N2)C1. The van der Waals surface area contributed by atoms with E-state index in [4.69, 9.17) is 0 Å². The zero-order valence-corrected chi connectivity index (χ0v) is 12.8. The number of hydrogen-bond acceptors (Lipinski definition) is 3. The zero-order valence-electron chi connectivity index (χ0n) is 12.8. The number of rotatable bonds is 3. The van der Waals surface area contributed by atoms with Crippen LogP contribution in [0.1, 0.15) is 24.8 Å². The van der Waals surface area contributed by atoms with Crippen molar-refractivity contribution in [3.05, 3.63) is 29.8 Å². The highest BCUT2D eigenvalue weighted by Gasteiger charge is 2.24. The fourth-order valence-electron chi connectivity index (χ4n) is 3.44. The standard InChI is InChI=1S/C17H25N3O/c1-20-10-4-5-13(12-20)11-18-17(21)16-9-8-14-6-2-3-7-15(14)19-16/h2-3,6-7,13,16,19H,4-5,8-12H2,1H3,(H,18,21). The molecule has 0 spiro atoms. The van der Waals surface area contributed by atoms with Crippen molar-refractivity contribution >= 4 is 11.6 Å². The van der Waals surface area contributed by atoms with Crippen molar-refractivity contribution in [1.82, 2.24) is 10.2 Å². The third kappa shape index (κ3) is 3.56. The van der Waals surface area contributed by atoms with Gasteiger partial charge in [0.25, 0.3) is 0 Å². The van der Waals surface area contributed by atoms with Crippen molar-refractivity contribution in [2.75, 3.05) is 32.0 Å². The number of nitrogens with one attached hydrogen (secondary N) is 2. The van der Waals surface area contributed by atoms with Crippen LogP contribution in [0, 0.1) is 5.92 Å². The van der Waals surface area contributed by atoms with Crippen LogP contribution in [0.25, 0.3) is 0 Å². The number of carbonyl (C=O) groups excluding carboxylic acids is 1. The summed E-state index contributed by atoms with van der Waals surface area (Å²) >= 11 is 0. The molecule has 1 aromatic rings. The Kier molecular flexibility index (Phi) is 4.44. The number of nitrogens with zero attached hydrogens (tertiary/aromatic N) is 1. The second kappa shape index (κ2) is 6.48. The summed E-state index contributed by atoms with van der Waals surface area (Å²) in [5.41, 5.74) is 2.43. The van der Waals surface area contributed by atoms with Crippen molar-refractivity contribution in [3.63, 3.8) is 0 Å². The van der Waals surface area contributed by atoms with Crippen LogP contribution >= 0.6 is 0 Å². The quantitative estimate of drug-likeness (QED) is 0.892. The Morgan fingerprint density at radius 1 is 1.38 bits per heavy atom. The summed E-state index contributed by atoms with van der Waals surface area (Å²) in [6.07, 6.45) is 4.33. The van der Waals surface area contributed by atoms with E-state index in [2.05, 4.69) is 40.8 Å². The Labute approximate surface area is 126 Å². The van der Waals surface area contributed by atoms with Gasteiger partial charge in [0.2, 0.25) is 5.91 Å². The molecule has 0 bridgehead atoms. The van der Waals surface area contributed by atoms with Crippen LogP contribution in [-0.2, 0) is 11.2 Å². The molecule has 2 atom stereocenters. The van der Waals surface area contributed by atoms with Crippen LogP contribution < -0.4 is 10.6 Å². The van der Waals surface area contributed by atoms with Gasteiger partial charge in [0.05, 0.1) is 0 Å². The molecule has 2 unspecified atom stereocenters. The summed E-state index contributed by atoms with van der Waals surface area (Å²) in [4.78, 5) is 14.7. The number of anilines is 1. The number of para-hydroxylation sites is 1. The lowest BCUT2D eigenvalue weighted by Crippen LogP contribution is -2.45. The third-order valence-electron chi connectivity index (χ3n) is 4.65. The maximum Gasteiger partial charge on any atom is 0.242 e. The van der Waals surface area contributed by atoms with Gasteiger partial charge in [-0.3, -0.25) is 4.79 Å². The van der Waals surface area contributed by atoms with Crippen LogP contribution in [0.2, 0.25) is 0 Å². The zero-order chi connectivity index (χ0) is 14.7. The van der Waals surface area contributed by atoms with E-state index in [0.717, 1.165) is 31.6 Å². The van der Waals surface area contributed by atoms with Gasteiger partial charge in [-0.25, -0.2) is 0 Å². The Morgan fingerprint density at radius 3 is 3.10 bits per heavy atom. The summed E-state index contributed by atoms with van der Waals surface area (Å²) in [5.74, 6) is 0.751. The first-order valence-corrected chi connectivity index (χ1v) is 8.03. The molecular weight excluding hydrogens is 262 g/mol. The number of carbonyl (C=O) groups is 1. The molecule has 2 aliphatic rings. The maximum absolute atomic E-state index is 12.3. The number of amides is 1. The predicted octanol–water partition coefficient (Wildman–Crippen LogP) is 1.87. The smallest absolute Gasteiger partial charge is 0.242 e. The van der Waals surface area contributed by atoms with Crippen molar-refractivity contribution in [1.29, 1.82) is 0 Å².